The van der Waals surface area contributed by atoms with Gasteiger partial charge in [0.1, 0.15) is 11.9 Å². The number of piperidine rings is 1. The number of anilines is 2. The first kappa shape index (κ1) is 28.8. The number of ether oxygens (including phenoxy) is 4. The van der Waals surface area contributed by atoms with Crippen molar-refractivity contribution in [2.75, 3.05) is 32.6 Å². The fourth-order valence-electron chi connectivity index (χ4n) is 3.77. The molecule has 1 aromatic heterocycles. The molecule has 2 heterocycles. The van der Waals surface area contributed by atoms with Gasteiger partial charge in [0, 0.05) is 50.7 Å². The Labute approximate surface area is 222 Å². The first-order valence-electron chi connectivity index (χ1n) is 12.2. The molecule has 0 bridgehead atoms. The number of likely N-dealkylation sites (tertiary alicyclic amines) is 1. The molecular weight excluding hydrogens is 516 g/mol. The second kappa shape index (κ2) is 12.7. The Bertz CT molecular complexity index is 1240. The van der Waals surface area contributed by atoms with Crippen LogP contribution in [0.2, 0.25) is 0 Å². The van der Waals surface area contributed by atoms with E-state index in [1.807, 2.05) is 18.6 Å². The lowest BCUT2D eigenvalue weighted by Crippen LogP contribution is -2.42. The van der Waals surface area contributed by atoms with E-state index in [-0.39, 0.29) is 35.4 Å². The Balaban J connectivity index is 1.75. The second-order valence-electron chi connectivity index (χ2n) is 8.80. The summed E-state index contributed by atoms with van der Waals surface area (Å²) >= 11 is 0. The molecule has 0 aliphatic carbocycles. The zero-order valence-corrected chi connectivity index (χ0v) is 23.0. The Morgan fingerprint density at radius 3 is 2.42 bits per heavy atom. The molecule has 208 valence electrons. The van der Waals surface area contributed by atoms with Crippen molar-refractivity contribution in [3.63, 3.8) is 0 Å². The molecule has 1 aromatic carbocycles. The molecule has 1 saturated heterocycles. The summed E-state index contributed by atoms with van der Waals surface area (Å²) in [5.74, 6) is 0.749. The highest BCUT2D eigenvalue weighted by atomic mass is 32.2. The molecule has 2 aromatic rings. The average Bonchev–Trinajstić information content (AvgIpc) is 2.88. The molecule has 0 atom stereocenters. The largest absolute Gasteiger partial charge is 0.495 e. The Kier molecular flexibility index (Phi) is 9.61. The summed E-state index contributed by atoms with van der Waals surface area (Å²) in [6.45, 7) is 6.21. The number of nitrogens with zero attached hydrogens (tertiary/aromatic N) is 2. The molecule has 13 heteroatoms. The van der Waals surface area contributed by atoms with E-state index in [0.29, 0.717) is 48.9 Å². The van der Waals surface area contributed by atoms with Crippen molar-refractivity contribution >= 4 is 33.5 Å². The van der Waals surface area contributed by atoms with E-state index in [4.69, 9.17) is 18.9 Å². The number of sulfonamides is 1. The van der Waals surface area contributed by atoms with Crippen molar-refractivity contribution in [2.45, 2.75) is 57.1 Å². The third kappa shape index (κ3) is 7.18. The minimum absolute atomic E-state index is 0.0314. The van der Waals surface area contributed by atoms with Crippen molar-refractivity contribution in [3.8, 4) is 17.2 Å². The number of methoxy groups -OCH3 is 2. The smallest absolute Gasteiger partial charge is 0.410 e. The SMILES string of the molecule is CCC(=O)NS(=O)(=O)c1ccc(Nc2nccc(OC3CCN(C(=O)OC(C)C)CC3)c2OC)c(OC)c1. The third-order valence-electron chi connectivity index (χ3n) is 5.71. The van der Waals surface area contributed by atoms with Crippen molar-refractivity contribution in [1.29, 1.82) is 0 Å². The van der Waals surface area contributed by atoms with Gasteiger partial charge in [-0.2, -0.15) is 0 Å². The molecule has 2 amide bonds. The van der Waals surface area contributed by atoms with Gasteiger partial charge in [0.25, 0.3) is 10.0 Å². The monoisotopic (exact) mass is 550 g/mol. The molecular formula is C25H34N4O8S. The first-order chi connectivity index (χ1) is 18.1. The molecule has 12 nitrogen and oxygen atoms in total. The lowest BCUT2D eigenvalue weighted by Gasteiger charge is -2.32. The summed E-state index contributed by atoms with van der Waals surface area (Å²) in [7, 11) is -1.16. The number of hydrogen-bond donors (Lipinski definition) is 2. The highest BCUT2D eigenvalue weighted by molar-refractivity contribution is 7.90. The number of carbonyl (C=O) groups excluding carboxylic acids is 2. The van der Waals surface area contributed by atoms with Gasteiger partial charge in [0.15, 0.2) is 11.6 Å². The van der Waals surface area contributed by atoms with E-state index in [1.165, 1.54) is 32.4 Å². The Morgan fingerprint density at radius 2 is 1.82 bits per heavy atom. The second-order valence-corrected chi connectivity index (χ2v) is 10.5. The zero-order chi connectivity index (χ0) is 27.9. The van der Waals surface area contributed by atoms with Gasteiger partial charge < -0.3 is 29.2 Å². The summed E-state index contributed by atoms with van der Waals surface area (Å²) in [5, 5.41) is 3.10. The summed E-state index contributed by atoms with van der Waals surface area (Å²) in [4.78, 5) is 29.6. The number of nitrogens with one attached hydrogen (secondary N) is 2. The van der Waals surface area contributed by atoms with Gasteiger partial charge in [-0.1, -0.05) is 6.92 Å². The van der Waals surface area contributed by atoms with Crippen LogP contribution in [0.4, 0.5) is 16.3 Å². The maximum absolute atomic E-state index is 12.5. The van der Waals surface area contributed by atoms with E-state index in [1.54, 1.807) is 24.1 Å². The van der Waals surface area contributed by atoms with Crippen molar-refractivity contribution < 1.29 is 37.0 Å². The fraction of sp³-hybridized carbons (Fsp3) is 0.480. The molecule has 0 radical (unpaired) electrons. The summed E-state index contributed by atoms with van der Waals surface area (Å²) in [5.41, 5.74) is 0.424. The van der Waals surface area contributed by atoms with Crippen LogP contribution in [-0.4, -0.2) is 69.8 Å². The third-order valence-corrected chi connectivity index (χ3v) is 7.08. The van der Waals surface area contributed by atoms with Crippen LogP contribution in [0.5, 0.6) is 17.2 Å². The highest BCUT2D eigenvalue weighted by Crippen LogP contribution is 2.38. The fourth-order valence-corrected chi connectivity index (χ4v) is 4.84. The van der Waals surface area contributed by atoms with Gasteiger partial charge in [-0.05, 0) is 26.0 Å². The van der Waals surface area contributed by atoms with Crippen molar-refractivity contribution in [2.24, 2.45) is 0 Å². The van der Waals surface area contributed by atoms with Gasteiger partial charge in [-0.25, -0.2) is 22.9 Å². The van der Waals surface area contributed by atoms with Crippen molar-refractivity contribution in [1.82, 2.24) is 14.6 Å². The van der Waals surface area contributed by atoms with Crippen LogP contribution < -0.4 is 24.2 Å². The maximum Gasteiger partial charge on any atom is 0.410 e. The summed E-state index contributed by atoms with van der Waals surface area (Å²) < 4.78 is 49.4. The van der Waals surface area contributed by atoms with Crippen LogP contribution in [0.15, 0.2) is 35.4 Å². The van der Waals surface area contributed by atoms with Crippen LogP contribution in [-0.2, 0) is 19.6 Å². The van der Waals surface area contributed by atoms with Crippen LogP contribution in [0, 0.1) is 0 Å². The number of aromatic nitrogens is 1. The van der Waals surface area contributed by atoms with E-state index < -0.39 is 15.9 Å². The number of rotatable bonds is 10. The molecule has 0 unspecified atom stereocenters. The molecule has 0 saturated carbocycles. The Morgan fingerprint density at radius 1 is 1.11 bits per heavy atom. The standard InChI is InChI=1S/C25H34N4O8S/c1-6-22(30)28-38(32,33)18-7-8-19(21(15-18)34-4)27-24-23(35-5)20(9-12-26-24)37-17-10-13-29(14-11-17)25(31)36-16(2)3/h7-9,12,15-17H,6,10-11,13-14H2,1-5H3,(H,26,27)(H,28,30). The topological polar surface area (TPSA) is 145 Å². The van der Waals surface area contributed by atoms with Gasteiger partial charge >= 0.3 is 6.09 Å². The van der Waals surface area contributed by atoms with Gasteiger partial charge in [0.2, 0.25) is 11.7 Å². The van der Waals surface area contributed by atoms with E-state index >= 15 is 0 Å². The molecule has 0 spiro atoms. The maximum atomic E-state index is 12.5. The van der Waals surface area contributed by atoms with Gasteiger partial charge in [0.05, 0.1) is 30.9 Å². The van der Waals surface area contributed by atoms with Gasteiger partial charge in [-0.15, -0.1) is 0 Å². The van der Waals surface area contributed by atoms with E-state index in [0.717, 1.165) is 0 Å². The zero-order valence-electron chi connectivity index (χ0n) is 22.1. The molecule has 38 heavy (non-hydrogen) atoms. The average molecular weight is 551 g/mol. The quantitative estimate of drug-likeness (QED) is 0.451. The lowest BCUT2D eigenvalue weighted by molar-refractivity contribution is -0.119. The number of amides is 2. The van der Waals surface area contributed by atoms with Gasteiger partial charge in [-0.3, -0.25) is 4.79 Å². The summed E-state index contributed by atoms with van der Waals surface area (Å²) in [6.07, 6.45) is 2.19. The number of carbonyl (C=O) groups is 2. The number of benzene rings is 1. The Hall–Kier alpha value is -3.74. The molecule has 3 rings (SSSR count). The molecule has 2 N–H and O–H groups in total. The van der Waals surface area contributed by atoms with E-state index in [9.17, 15) is 18.0 Å². The van der Waals surface area contributed by atoms with Crippen molar-refractivity contribution in [3.05, 3.63) is 30.5 Å². The molecule has 1 aliphatic rings. The molecule has 1 aliphatic heterocycles. The normalized spacial score (nSPS) is 14.1. The van der Waals surface area contributed by atoms with Crippen LogP contribution in [0.1, 0.15) is 40.0 Å². The summed E-state index contributed by atoms with van der Waals surface area (Å²) in [6, 6.07) is 5.84. The minimum Gasteiger partial charge on any atom is -0.495 e. The predicted molar refractivity (Wildman–Crippen MR) is 140 cm³/mol. The van der Waals surface area contributed by atoms with Crippen LogP contribution in [0.25, 0.3) is 0 Å². The number of pyridine rings is 1. The van der Waals surface area contributed by atoms with Crippen LogP contribution >= 0.6 is 0 Å². The number of hydrogen-bond acceptors (Lipinski definition) is 10. The minimum atomic E-state index is -4.05. The van der Waals surface area contributed by atoms with E-state index in [2.05, 4.69) is 10.3 Å². The first-order valence-corrected chi connectivity index (χ1v) is 13.7. The lowest BCUT2D eigenvalue weighted by atomic mass is 10.1. The predicted octanol–water partition coefficient (Wildman–Crippen LogP) is 3.45. The van der Waals surface area contributed by atoms with Crippen LogP contribution in [0.3, 0.4) is 0 Å². The molecule has 1 fully saturated rings. The highest BCUT2D eigenvalue weighted by Gasteiger charge is 2.27.